The van der Waals surface area contributed by atoms with Crippen LogP contribution in [0.1, 0.15) is 41.4 Å². The van der Waals surface area contributed by atoms with Crippen molar-refractivity contribution in [2.75, 3.05) is 20.1 Å². The molecule has 1 amide bonds. The molecule has 1 aliphatic carbocycles. The minimum atomic E-state index is 0. The van der Waals surface area contributed by atoms with Gasteiger partial charge in [-0.25, -0.2) is 0 Å². The number of benzene rings is 1. The first-order valence-electron chi connectivity index (χ1n) is 10.6. The first-order valence-corrected chi connectivity index (χ1v) is 10.6. The van der Waals surface area contributed by atoms with E-state index in [1.54, 1.807) is 18.6 Å². The van der Waals surface area contributed by atoms with Crippen LogP contribution in [0, 0.1) is 0 Å². The summed E-state index contributed by atoms with van der Waals surface area (Å²) in [5.41, 5.74) is 6.76. The summed E-state index contributed by atoms with van der Waals surface area (Å²) in [5, 5.41) is 0. The number of fused-ring (bicyclic) bond motifs is 4. The van der Waals surface area contributed by atoms with Gasteiger partial charge in [-0.15, -0.1) is 0 Å². The molecule has 152 valence electrons. The molecule has 30 heavy (non-hydrogen) atoms. The van der Waals surface area contributed by atoms with Gasteiger partial charge in [0.2, 0.25) is 0 Å². The molecule has 3 aromatic rings. The Bertz CT molecular complexity index is 1200. The largest absolute Gasteiger partial charge is 0.330 e. The Morgan fingerprint density at radius 2 is 1.80 bits per heavy atom. The van der Waals surface area contributed by atoms with E-state index in [4.69, 9.17) is 0 Å². The third-order valence-corrected chi connectivity index (χ3v) is 6.69. The van der Waals surface area contributed by atoms with Crippen LogP contribution in [0.4, 0.5) is 0 Å². The molecule has 2 fully saturated rings. The van der Waals surface area contributed by atoms with Crippen LogP contribution in [-0.4, -0.2) is 62.9 Å². The number of allylic oxidation sites excluding steroid dienone is 1. The van der Waals surface area contributed by atoms with E-state index in [0.29, 0.717) is 17.6 Å². The highest BCUT2D eigenvalue weighted by molar-refractivity contribution is 5.97. The number of pyridine rings is 1. The summed E-state index contributed by atoms with van der Waals surface area (Å²) in [6.07, 6.45) is 10.4. The Morgan fingerprint density at radius 1 is 1.03 bits per heavy atom. The molecule has 1 aromatic carbocycles. The second-order valence-corrected chi connectivity index (χ2v) is 8.62. The Hall–Kier alpha value is -3.12. The van der Waals surface area contributed by atoms with Gasteiger partial charge in [-0.05, 0) is 49.2 Å². The Labute approximate surface area is 176 Å². The monoisotopic (exact) mass is 399 g/mol. The lowest BCUT2D eigenvalue weighted by Crippen LogP contribution is -2.54. The summed E-state index contributed by atoms with van der Waals surface area (Å²) in [5.74, 6) is 0.126. The molecular weight excluding hydrogens is 374 g/mol. The predicted molar refractivity (Wildman–Crippen MR) is 117 cm³/mol. The number of nitrogens with zero attached hydrogens (tertiary/aromatic N) is 5. The number of likely N-dealkylation sites (tertiary alicyclic amines) is 1. The third kappa shape index (κ3) is 2.75. The van der Waals surface area contributed by atoms with Crippen molar-refractivity contribution in [3.8, 4) is 0 Å². The molecule has 6 rings (SSSR count). The average molecular weight is 399 g/mol. The standard InChI is InChI=1S/C24H23N5O.H2/c1-28-13-17-3-4-18(14-28)29(17)24(30)16-10-20-19(5-7-21(20)27-12-16)15-2-6-22-23(11-15)26-9-8-25-22;/h2,5-6,8-12,17-18H,3-4,7,13-14H2,1H3;1H. The van der Waals surface area contributed by atoms with E-state index in [2.05, 4.69) is 50.0 Å². The number of carbonyl (C=O) groups excluding carboxylic acids is 1. The van der Waals surface area contributed by atoms with Crippen molar-refractivity contribution >= 4 is 22.5 Å². The minimum Gasteiger partial charge on any atom is -0.330 e. The van der Waals surface area contributed by atoms with E-state index in [1.165, 1.54) is 0 Å². The summed E-state index contributed by atoms with van der Waals surface area (Å²) >= 11 is 0. The summed E-state index contributed by atoms with van der Waals surface area (Å²) in [6.45, 7) is 1.92. The fourth-order valence-corrected chi connectivity index (χ4v) is 5.31. The van der Waals surface area contributed by atoms with Crippen LogP contribution in [0.3, 0.4) is 0 Å². The number of aromatic nitrogens is 3. The van der Waals surface area contributed by atoms with Gasteiger partial charge < -0.3 is 9.80 Å². The second-order valence-electron chi connectivity index (χ2n) is 8.62. The predicted octanol–water partition coefficient (Wildman–Crippen LogP) is 3.18. The lowest BCUT2D eigenvalue weighted by molar-refractivity contribution is 0.0472. The molecule has 0 radical (unpaired) electrons. The fourth-order valence-electron chi connectivity index (χ4n) is 5.31. The zero-order valence-electron chi connectivity index (χ0n) is 17.0. The normalized spacial score (nSPS) is 23.0. The second kappa shape index (κ2) is 6.71. The zero-order valence-corrected chi connectivity index (χ0v) is 17.0. The number of piperazine rings is 1. The summed E-state index contributed by atoms with van der Waals surface area (Å²) in [4.78, 5) is 31.3. The van der Waals surface area contributed by atoms with Crippen molar-refractivity contribution < 1.29 is 6.22 Å². The van der Waals surface area contributed by atoms with Gasteiger partial charge in [-0.2, -0.15) is 0 Å². The molecule has 0 saturated carbocycles. The van der Waals surface area contributed by atoms with Crippen LogP contribution < -0.4 is 0 Å². The number of rotatable bonds is 2. The maximum Gasteiger partial charge on any atom is 0.256 e. The zero-order chi connectivity index (χ0) is 20.2. The van der Waals surface area contributed by atoms with Crippen LogP contribution in [0.15, 0.2) is 48.9 Å². The van der Waals surface area contributed by atoms with E-state index in [-0.39, 0.29) is 7.33 Å². The van der Waals surface area contributed by atoms with Crippen LogP contribution in [0.5, 0.6) is 0 Å². The fraction of sp³-hybridized carbons (Fsp3) is 0.333. The van der Waals surface area contributed by atoms with Gasteiger partial charge in [-0.3, -0.25) is 19.7 Å². The quantitative estimate of drug-likeness (QED) is 0.662. The molecule has 2 aliphatic heterocycles. The van der Waals surface area contributed by atoms with Gasteiger partial charge in [0, 0.05) is 57.2 Å². The highest BCUT2D eigenvalue weighted by Crippen LogP contribution is 2.35. The summed E-state index contributed by atoms with van der Waals surface area (Å²) in [7, 11) is 2.15. The highest BCUT2D eigenvalue weighted by atomic mass is 16.2. The van der Waals surface area contributed by atoms with Gasteiger partial charge in [0.1, 0.15) is 0 Å². The topological polar surface area (TPSA) is 62.2 Å². The Kier molecular flexibility index (Phi) is 3.96. The first-order chi connectivity index (χ1) is 14.7. The Balaban J connectivity index is 0.00000204. The summed E-state index contributed by atoms with van der Waals surface area (Å²) < 4.78 is 0. The van der Waals surface area contributed by atoms with E-state index >= 15 is 0 Å². The van der Waals surface area contributed by atoms with Crippen LogP contribution >= 0.6 is 0 Å². The molecule has 4 heterocycles. The molecule has 0 spiro atoms. The Morgan fingerprint density at radius 3 is 2.60 bits per heavy atom. The number of likely N-dealkylation sites (N-methyl/N-ethyl adjacent to an activating group) is 1. The number of hydrogen-bond acceptors (Lipinski definition) is 5. The molecule has 2 unspecified atom stereocenters. The lowest BCUT2D eigenvalue weighted by atomic mass is 9.99. The van der Waals surface area contributed by atoms with Crippen LogP contribution in [0.25, 0.3) is 16.6 Å². The van der Waals surface area contributed by atoms with Gasteiger partial charge in [-0.1, -0.05) is 12.1 Å². The smallest absolute Gasteiger partial charge is 0.256 e. The summed E-state index contributed by atoms with van der Waals surface area (Å²) in [6, 6.07) is 8.83. The molecule has 2 aromatic heterocycles. The molecule has 6 nitrogen and oxygen atoms in total. The van der Waals surface area contributed by atoms with Crippen molar-refractivity contribution in [3.63, 3.8) is 0 Å². The van der Waals surface area contributed by atoms with Gasteiger partial charge in [0.05, 0.1) is 22.3 Å². The van der Waals surface area contributed by atoms with Gasteiger partial charge >= 0.3 is 0 Å². The van der Waals surface area contributed by atoms with Gasteiger partial charge in [0.25, 0.3) is 5.91 Å². The molecule has 0 N–H and O–H groups in total. The van der Waals surface area contributed by atoms with E-state index in [0.717, 1.165) is 65.8 Å². The lowest BCUT2D eigenvalue weighted by Gasteiger charge is -2.39. The van der Waals surface area contributed by atoms with E-state index < -0.39 is 0 Å². The molecule has 2 saturated heterocycles. The molecule has 3 aliphatic rings. The number of amides is 1. The van der Waals surface area contributed by atoms with Crippen molar-refractivity contribution in [2.45, 2.75) is 31.3 Å². The van der Waals surface area contributed by atoms with E-state index in [1.807, 2.05) is 12.1 Å². The maximum atomic E-state index is 13.4. The van der Waals surface area contributed by atoms with Crippen molar-refractivity contribution in [1.82, 2.24) is 24.8 Å². The van der Waals surface area contributed by atoms with Crippen molar-refractivity contribution in [1.29, 1.82) is 0 Å². The van der Waals surface area contributed by atoms with Crippen LogP contribution in [-0.2, 0) is 6.42 Å². The molecular formula is C24H25N5O. The first kappa shape index (κ1) is 17.7. The molecule has 2 atom stereocenters. The van der Waals surface area contributed by atoms with Crippen LogP contribution in [0.2, 0.25) is 0 Å². The SMILES string of the molecule is CN1CC2CCC(C1)N2C(=O)c1cnc2c(c1)C(c1ccc3nccnc3c1)=CC2.[HH]. The van der Waals surface area contributed by atoms with E-state index in [9.17, 15) is 4.79 Å². The third-order valence-electron chi connectivity index (χ3n) is 6.69. The van der Waals surface area contributed by atoms with Crippen molar-refractivity contribution in [2.24, 2.45) is 0 Å². The highest BCUT2D eigenvalue weighted by Gasteiger charge is 2.42. The average Bonchev–Trinajstić information content (AvgIpc) is 3.31. The number of carbonyl (C=O) groups is 1. The number of hydrogen-bond donors (Lipinski definition) is 0. The van der Waals surface area contributed by atoms with Crippen molar-refractivity contribution in [3.05, 3.63) is 71.3 Å². The molecule has 6 heteroatoms. The maximum absolute atomic E-state index is 13.4. The molecule has 2 bridgehead atoms. The van der Waals surface area contributed by atoms with Gasteiger partial charge in [0.15, 0.2) is 0 Å². The minimum absolute atomic E-state index is 0.